The number of hydrogen-bond donors (Lipinski definition) is 3. The molecule has 0 aromatic carbocycles. The lowest BCUT2D eigenvalue weighted by Gasteiger charge is -2.17. The zero-order valence-electron chi connectivity index (χ0n) is 5.67. The van der Waals surface area contributed by atoms with Gasteiger partial charge in [-0.25, -0.2) is 5.01 Å². The Morgan fingerprint density at radius 1 is 1.22 bits per heavy atom. The SMILES string of the molecule is CNN(CCO)CCO. The fourth-order valence-electron chi connectivity index (χ4n) is 0.577. The second kappa shape index (κ2) is 5.97. The van der Waals surface area contributed by atoms with Crippen molar-refractivity contribution in [1.82, 2.24) is 10.4 Å². The number of hydrazine groups is 1. The molecule has 0 saturated carbocycles. The van der Waals surface area contributed by atoms with Crippen LogP contribution >= 0.6 is 0 Å². The third kappa shape index (κ3) is 4.35. The average molecular weight is 134 g/mol. The van der Waals surface area contributed by atoms with Crippen LogP contribution in [0.5, 0.6) is 0 Å². The fourth-order valence-corrected chi connectivity index (χ4v) is 0.577. The monoisotopic (exact) mass is 134 g/mol. The number of aliphatic hydroxyl groups excluding tert-OH is 2. The van der Waals surface area contributed by atoms with Crippen LogP contribution < -0.4 is 5.43 Å². The second-order valence-corrected chi connectivity index (χ2v) is 1.66. The predicted molar refractivity (Wildman–Crippen MR) is 34.8 cm³/mol. The van der Waals surface area contributed by atoms with E-state index in [0.29, 0.717) is 13.1 Å². The highest BCUT2D eigenvalue weighted by Crippen LogP contribution is 1.76. The molecule has 0 fully saturated rings. The molecular weight excluding hydrogens is 120 g/mol. The maximum absolute atomic E-state index is 8.43. The van der Waals surface area contributed by atoms with Gasteiger partial charge in [-0.05, 0) is 7.05 Å². The minimum absolute atomic E-state index is 0.112. The molecule has 9 heavy (non-hydrogen) atoms. The highest BCUT2D eigenvalue weighted by Gasteiger charge is 1.96. The summed E-state index contributed by atoms with van der Waals surface area (Å²) in [5, 5.41) is 18.6. The maximum Gasteiger partial charge on any atom is 0.0572 e. The highest BCUT2D eigenvalue weighted by molar-refractivity contribution is 4.45. The summed E-state index contributed by atoms with van der Waals surface area (Å²) in [6.07, 6.45) is 0. The molecule has 0 saturated heterocycles. The molecule has 0 bridgehead atoms. The molecule has 0 amide bonds. The third-order valence-corrected chi connectivity index (χ3v) is 1.06. The minimum Gasteiger partial charge on any atom is -0.395 e. The summed E-state index contributed by atoms with van der Waals surface area (Å²) >= 11 is 0. The van der Waals surface area contributed by atoms with Gasteiger partial charge in [0.15, 0.2) is 0 Å². The summed E-state index contributed by atoms with van der Waals surface area (Å²) in [5.41, 5.74) is 2.82. The molecule has 0 aliphatic carbocycles. The molecule has 0 radical (unpaired) electrons. The summed E-state index contributed by atoms with van der Waals surface area (Å²) in [5.74, 6) is 0. The van der Waals surface area contributed by atoms with Crippen molar-refractivity contribution >= 4 is 0 Å². The second-order valence-electron chi connectivity index (χ2n) is 1.66. The van der Waals surface area contributed by atoms with E-state index in [1.807, 2.05) is 0 Å². The van der Waals surface area contributed by atoms with Crippen LogP contribution in [0.2, 0.25) is 0 Å². The Morgan fingerprint density at radius 2 is 1.67 bits per heavy atom. The zero-order valence-corrected chi connectivity index (χ0v) is 5.67. The lowest BCUT2D eigenvalue weighted by atomic mass is 10.6. The molecule has 0 aliphatic rings. The normalized spacial score (nSPS) is 10.7. The predicted octanol–water partition coefficient (Wildman–Crippen LogP) is -1.59. The molecule has 0 aromatic rings. The zero-order chi connectivity index (χ0) is 7.11. The number of nitrogens with zero attached hydrogens (tertiary/aromatic N) is 1. The molecule has 4 heteroatoms. The molecule has 0 rings (SSSR count). The minimum atomic E-state index is 0.112. The smallest absolute Gasteiger partial charge is 0.0572 e. The molecule has 0 aromatic heterocycles. The van der Waals surface area contributed by atoms with Gasteiger partial charge in [0, 0.05) is 13.1 Å². The molecule has 0 spiro atoms. The van der Waals surface area contributed by atoms with Crippen molar-refractivity contribution in [2.45, 2.75) is 0 Å². The van der Waals surface area contributed by atoms with Gasteiger partial charge in [-0.1, -0.05) is 0 Å². The first-order chi connectivity index (χ1) is 4.35. The molecule has 4 nitrogen and oxygen atoms in total. The Labute approximate surface area is 55.1 Å². The standard InChI is InChI=1S/C5H14N2O2/c1-6-7(2-4-8)3-5-9/h6,8-9H,2-5H2,1H3. The van der Waals surface area contributed by atoms with E-state index < -0.39 is 0 Å². The first kappa shape index (κ1) is 8.84. The van der Waals surface area contributed by atoms with Gasteiger partial charge in [0.2, 0.25) is 0 Å². The van der Waals surface area contributed by atoms with Crippen molar-refractivity contribution in [2.75, 3.05) is 33.4 Å². The van der Waals surface area contributed by atoms with Crippen LogP contribution in [0.15, 0.2) is 0 Å². The van der Waals surface area contributed by atoms with E-state index >= 15 is 0 Å². The highest BCUT2D eigenvalue weighted by atomic mass is 16.3. The van der Waals surface area contributed by atoms with Crippen LogP contribution in [0, 0.1) is 0 Å². The van der Waals surface area contributed by atoms with Crippen LogP contribution in [0.4, 0.5) is 0 Å². The van der Waals surface area contributed by atoms with E-state index in [1.54, 1.807) is 12.1 Å². The molecular formula is C5H14N2O2. The maximum atomic E-state index is 8.43. The molecule has 3 N–H and O–H groups in total. The van der Waals surface area contributed by atoms with E-state index in [0.717, 1.165) is 0 Å². The van der Waals surface area contributed by atoms with Crippen molar-refractivity contribution in [3.8, 4) is 0 Å². The Kier molecular flexibility index (Phi) is 5.86. The van der Waals surface area contributed by atoms with Crippen LogP contribution in [0.1, 0.15) is 0 Å². The van der Waals surface area contributed by atoms with Gasteiger partial charge in [-0.3, -0.25) is 5.43 Å². The van der Waals surface area contributed by atoms with Gasteiger partial charge in [0.1, 0.15) is 0 Å². The molecule has 0 atom stereocenters. The number of aliphatic hydroxyl groups is 2. The summed E-state index contributed by atoms with van der Waals surface area (Å²) in [4.78, 5) is 0. The Hall–Kier alpha value is -0.160. The number of rotatable bonds is 5. The largest absolute Gasteiger partial charge is 0.395 e. The molecule has 0 heterocycles. The Balaban J connectivity index is 3.18. The van der Waals surface area contributed by atoms with Crippen molar-refractivity contribution in [1.29, 1.82) is 0 Å². The Bertz CT molecular complexity index is 54.9. The molecule has 0 aliphatic heterocycles. The van der Waals surface area contributed by atoms with Crippen LogP contribution in [0.3, 0.4) is 0 Å². The Morgan fingerprint density at radius 3 is 1.89 bits per heavy atom. The van der Waals surface area contributed by atoms with Gasteiger partial charge in [0.05, 0.1) is 13.2 Å². The lowest BCUT2D eigenvalue weighted by molar-refractivity contribution is 0.126. The van der Waals surface area contributed by atoms with E-state index in [-0.39, 0.29) is 13.2 Å². The molecule has 0 unspecified atom stereocenters. The topological polar surface area (TPSA) is 55.7 Å². The van der Waals surface area contributed by atoms with E-state index in [2.05, 4.69) is 5.43 Å². The fraction of sp³-hybridized carbons (Fsp3) is 1.00. The van der Waals surface area contributed by atoms with Crippen LogP contribution in [-0.2, 0) is 0 Å². The van der Waals surface area contributed by atoms with Gasteiger partial charge in [-0.15, -0.1) is 0 Å². The summed E-state index contributed by atoms with van der Waals surface area (Å²) < 4.78 is 0. The van der Waals surface area contributed by atoms with Crippen molar-refractivity contribution < 1.29 is 10.2 Å². The van der Waals surface area contributed by atoms with Crippen molar-refractivity contribution in [3.05, 3.63) is 0 Å². The van der Waals surface area contributed by atoms with Crippen LogP contribution in [0.25, 0.3) is 0 Å². The van der Waals surface area contributed by atoms with Gasteiger partial charge >= 0.3 is 0 Å². The van der Waals surface area contributed by atoms with E-state index in [9.17, 15) is 0 Å². The summed E-state index contributed by atoms with van der Waals surface area (Å²) in [7, 11) is 1.76. The average Bonchev–Trinajstić information content (AvgIpc) is 1.88. The van der Waals surface area contributed by atoms with Gasteiger partial charge < -0.3 is 10.2 Å². The molecule has 56 valence electrons. The first-order valence-corrected chi connectivity index (χ1v) is 2.99. The van der Waals surface area contributed by atoms with E-state index in [1.165, 1.54) is 0 Å². The number of nitrogens with one attached hydrogen (secondary N) is 1. The quantitative estimate of drug-likeness (QED) is 0.397. The number of hydrogen-bond acceptors (Lipinski definition) is 4. The van der Waals surface area contributed by atoms with Crippen molar-refractivity contribution in [3.63, 3.8) is 0 Å². The van der Waals surface area contributed by atoms with E-state index in [4.69, 9.17) is 10.2 Å². The van der Waals surface area contributed by atoms with Gasteiger partial charge in [0.25, 0.3) is 0 Å². The van der Waals surface area contributed by atoms with Gasteiger partial charge in [-0.2, -0.15) is 0 Å². The summed E-state index contributed by atoms with van der Waals surface area (Å²) in [6, 6.07) is 0. The van der Waals surface area contributed by atoms with Crippen molar-refractivity contribution in [2.24, 2.45) is 0 Å². The summed E-state index contributed by atoms with van der Waals surface area (Å²) in [6.45, 7) is 1.33. The van der Waals surface area contributed by atoms with Crippen LogP contribution in [-0.4, -0.2) is 48.6 Å². The third-order valence-electron chi connectivity index (χ3n) is 1.06. The lowest BCUT2D eigenvalue weighted by Crippen LogP contribution is -2.39. The first-order valence-electron chi connectivity index (χ1n) is 2.99.